The fourth-order valence-corrected chi connectivity index (χ4v) is 1.54. The number of amides is 1. The van der Waals surface area contributed by atoms with Gasteiger partial charge < -0.3 is 9.15 Å². The fourth-order valence-electron chi connectivity index (χ4n) is 1.54. The van der Waals surface area contributed by atoms with Crippen LogP contribution in [0.5, 0.6) is 0 Å². The normalized spacial score (nSPS) is 10.4. The minimum absolute atomic E-state index is 0.000819. The number of carbonyl (C=O) groups excluding carboxylic acids is 2. The molecule has 0 saturated heterocycles. The van der Waals surface area contributed by atoms with Crippen molar-refractivity contribution < 1.29 is 18.7 Å². The van der Waals surface area contributed by atoms with Crippen molar-refractivity contribution in [1.29, 1.82) is 0 Å². The Hall–Kier alpha value is -2.78. The molecule has 10 heteroatoms. The summed E-state index contributed by atoms with van der Waals surface area (Å²) >= 11 is 0. The summed E-state index contributed by atoms with van der Waals surface area (Å²) in [5, 5.41) is 17.1. The summed E-state index contributed by atoms with van der Waals surface area (Å²) in [6.45, 7) is 5.02. The van der Waals surface area contributed by atoms with Crippen LogP contribution >= 0.6 is 0 Å². The van der Waals surface area contributed by atoms with Gasteiger partial charge in [0.25, 0.3) is 0 Å². The third kappa shape index (κ3) is 3.41. The van der Waals surface area contributed by atoms with Crippen molar-refractivity contribution in [1.82, 2.24) is 25.2 Å². The van der Waals surface area contributed by atoms with Crippen LogP contribution in [0.15, 0.2) is 4.42 Å². The summed E-state index contributed by atoms with van der Waals surface area (Å²) in [6, 6.07) is 0.000819. The average molecular weight is 294 g/mol. The van der Waals surface area contributed by atoms with Crippen molar-refractivity contribution in [3.63, 3.8) is 0 Å². The number of hydrogen-bond acceptors (Lipinski definition) is 8. The molecule has 0 aliphatic heterocycles. The number of aryl methyl sites for hydroxylation is 1. The highest BCUT2D eigenvalue weighted by Gasteiger charge is 2.19. The van der Waals surface area contributed by atoms with Crippen molar-refractivity contribution in [3.8, 4) is 0 Å². The van der Waals surface area contributed by atoms with Gasteiger partial charge >= 0.3 is 12.0 Å². The number of nitrogens with zero attached hydrogens (tertiary/aromatic N) is 5. The standard InChI is InChI=1S/C11H14N6O4/c1-4-20-10(19)9-6(2)17(16-14-9)5-8(18)12-11-15-13-7(3)21-11/h4-5H2,1-3H3,(H,12,15,18). The van der Waals surface area contributed by atoms with Gasteiger partial charge in [-0.25, -0.2) is 9.48 Å². The van der Waals surface area contributed by atoms with E-state index in [9.17, 15) is 9.59 Å². The minimum Gasteiger partial charge on any atom is -0.461 e. The Bertz CT molecular complexity index is 661. The second-order valence-electron chi connectivity index (χ2n) is 4.08. The monoisotopic (exact) mass is 294 g/mol. The Morgan fingerprint density at radius 1 is 1.29 bits per heavy atom. The van der Waals surface area contributed by atoms with Gasteiger partial charge in [-0.1, -0.05) is 10.3 Å². The van der Waals surface area contributed by atoms with E-state index in [2.05, 4.69) is 25.8 Å². The number of hydrogen-bond donors (Lipinski definition) is 1. The van der Waals surface area contributed by atoms with Crippen LogP contribution in [0.3, 0.4) is 0 Å². The molecule has 0 spiro atoms. The molecule has 0 aliphatic carbocycles. The van der Waals surface area contributed by atoms with Gasteiger partial charge in [-0.2, -0.15) is 0 Å². The third-order valence-corrected chi connectivity index (χ3v) is 2.52. The van der Waals surface area contributed by atoms with Gasteiger partial charge in [0.1, 0.15) is 6.54 Å². The van der Waals surface area contributed by atoms with Gasteiger partial charge in [-0.3, -0.25) is 10.1 Å². The summed E-state index contributed by atoms with van der Waals surface area (Å²) in [6.07, 6.45) is 0. The van der Waals surface area contributed by atoms with E-state index in [1.54, 1.807) is 20.8 Å². The van der Waals surface area contributed by atoms with Gasteiger partial charge in [0, 0.05) is 6.92 Å². The first-order valence-corrected chi connectivity index (χ1v) is 6.18. The van der Waals surface area contributed by atoms with Crippen LogP contribution in [0.2, 0.25) is 0 Å². The molecule has 0 saturated carbocycles. The maximum atomic E-state index is 11.8. The zero-order chi connectivity index (χ0) is 15.4. The molecule has 112 valence electrons. The molecule has 0 radical (unpaired) electrons. The molecule has 2 rings (SSSR count). The summed E-state index contributed by atoms with van der Waals surface area (Å²) in [7, 11) is 0. The number of anilines is 1. The van der Waals surface area contributed by atoms with Gasteiger partial charge in [0.15, 0.2) is 5.69 Å². The van der Waals surface area contributed by atoms with E-state index >= 15 is 0 Å². The highest BCUT2D eigenvalue weighted by molar-refractivity contribution is 5.90. The Kier molecular flexibility index (Phi) is 4.26. The van der Waals surface area contributed by atoms with Crippen LogP contribution in [-0.2, 0) is 16.1 Å². The lowest BCUT2D eigenvalue weighted by Crippen LogP contribution is -2.20. The Balaban J connectivity index is 2.03. The molecule has 1 N–H and O–H groups in total. The minimum atomic E-state index is -0.575. The second kappa shape index (κ2) is 6.11. The van der Waals surface area contributed by atoms with E-state index in [0.717, 1.165) is 0 Å². The second-order valence-corrected chi connectivity index (χ2v) is 4.08. The van der Waals surface area contributed by atoms with Gasteiger partial charge in [0.05, 0.1) is 12.3 Å². The molecular formula is C11H14N6O4. The fraction of sp³-hybridized carbons (Fsp3) is 0.455. The largest absolute Gasteiger partial charge is 0.461 e. The molecule has 0 aliphatic rings. The molecule has 2 aromatic heterocycles. The number of esters is 1. The zero-order valence-corrected chi connectivity index (χ0v) is 11.8. The van der Waals surface area contributed by atoms with Crippen LogP contribution in [0.1, 0.15) is 29.0 Å². The van der Waals surface area contributed by atoms with Crippen molar-refractivity contribution in [2.45, 2.75) is 27.3 Å². The van der Waals surface area contributed by atoms with Crippen LogP contribution in [0.25, 0.3) is 0 Å². The predicted molar refractivity (Wildman–Crippen MR) is 68.4 cm³/mol. The Morgan fingerprint density at radius 2 is 2.05 bits per heavy atom. The lowest BCUT2D eigenvalue weighted by Gasteiger charge is -2.03. The number of nitrogens with one attached hydrogen (secondary N) is 1. The van der Waals surface area contributed by atoms with E-state index in [0.29, 0.717) is 11.6 Å². The van der Waals surface area contributed by atoms with Gasteiger partial charge in [0.2, 0.25) is 11.8 Å². The van der Waals surface area contributed by atoms with E-state index in [4.69, 9.17) is 9.15 Å². The summed E-state index contributed by atoms with van der Waals surface area (Å²) < 4.78 is 11.1. The van der Waals surface area contributed by atoms with E-state index in [-0.39, 0.29) is 24.9 Å². The first-order valence-electron chi connectivity index (χ1n) is 6.18. The molecule has 0 aromatic carbocycles. The van der Waals surface area contributed by atoms with Crippen LogP contribution in [-0.4, -0.2) is 43.7 Å². The molecule has 2 heterocycles. The van der Waals surface area contributed by atoms with Gasteiger partial charge in [-0.15, -0.1) is 10.2 Å². The Morgan fingerprint density at radius 3 is 2.67 bits per heavy atom. The maximum absolute atomic E-state index is 11.8. The molecule has 0 fully saturated rings. The van der Waals surface area contributed by atoms with Crippen LogP contribution in [0, 0.1) is 13.8 Å². The number of rotatable bonds is 5. The first kappa shape index (κ1) is 14.6. The maximum Gasteiger partial charge on any atom is 0.360 e. The molecule has 21 heavy (non-hydrogen) atoms. The van der Waals surface area contributed by atoms with E-state index in [1.165, 1.54) is 4.68 Å². The molecule has 10 nitrogen and oxygen atoms in total. The molecule has 0 bridgehead atoms. The average Bonchev–Trinajstić information content (AvgIpc) is 2.97. The quantitative estimate of drug-likeness (QED) is 0.769. The van der Waals surface area contributed by atoms with Crippen molar-refractivity contribution >= 4 is 17.9 Å². The van der Waals surface area contributed by atoms with Crippen LogP contribution < -0.4 is 5.32 Å². The van der Waals surface area contributed by atoms with Gasteiger partial charge in [-0.05, 0) is 13.8 Å². The Labute approximate surface area is 119 Å². The third-order valence-electron chi connectivity index (χ3n) is 2.52. The highest BCUT2D eigenvalue weighted by atomic mass is 16.5. The summed E-state index contributed by atoms with van der Waals surface area (Å²) in [4.78, 5) is 23.4. The van der Waals surface area contributed by atoms with Crippen LogP contribution in [0.4, 0.5) is 6.01 Å². The first-order chi connectivity index (χ1) is 10.0. The smallest absolute Gasteiger partial charge is 0.360 e. The summed E-state index contributed by atoms with van der Waals surface area (Å²) in [5.74, 6) is -0.664. The number of ether oxygens (including phenoxy) is 1. The highest BCUT2D eigenvalue weighted by Crippen LogP contribution is 2.07. The summed E-state index contributed by atoms with van der Waals surface area (Å²) in [5.41, 5.74) is 0.517. The molecule has 0 unspecified atom stereocenters. The molecule has 2 aromatic rings. The molecule has 0 atom stereocenters. The predicted octanol–water partition coefficient (Wildman–Crippen LogP) is 0.0933. The number of carbonyl (C=O) groups is 2. The van der Waals surface area contributed by atoms with Crippen molar-refractivity contribution in [2.75, 3.05) is 11.9 Å². The van der Waals surface area contributed by atoms with E-state index in [1.807, 2.05) is 0 Å². The molecular weight excluding hydrogens is 280 g/mol. The zero-order valence-electron chi connectivity index (χ0n) is 11.8. The SMILES string of the molecule is CCOC(=O)c1nnn(CC(=O)Nc2nnc(C)o2)c1C. The van der Waals surface area contributed by atoms with Crippen molar-refractivity contribution in [2.24, 2.45) is 0 Å². The van der Waals surface area contributed by atoms with Crippen molar-refractivity contribution in [3.05, 3.63) is 17.3 Å². The van der Waals surface area contributed by atoms with E-state index < -0.39 is 11.9 Å². The number of aromatic nitrogens is 5. The lowest BCUT2D eigenvalue weighted by atomic mass is 10.3. The topological polar surface area (TPSA) is 125 Å². The molecule has 1 amide bonds. The lowest BCUT2D eigenvalue weighted by molar-refractivity contribution is -0.117.